The van der Waals surface area contributed by atoms with E-state index in [0.717, 1.165) is 19.3 Å². The van der Waals surface area contributed by atoms with Gasteiger partial charge < -0.3 is 5.32 Å². The quantitative estimate of drug-likeness (QED) is 0.608. The first-order valence-corrected chi connectivity index (χ1v) is 10.4. The second-order valence-electron chi connectivity index (χ2n) is 6.70. The molecule has 148 valence electrons. The molecule has 0 aromatic heterocycles. The van der Waals surface area contributed by atoms with Crippen LogP contribution in [-0.2, 0) is 10.0 Å². The molecule has 0 aliphatic carbocycles. The maximum absolute atomic E-state index is 12.7. The van der Waals surface area contributed by atoms with Crippen LogP contribution >= 0.6 is 0 Å². The molecular weight excluding hydrogens is 382 g/mol. The Morgan fingerprint density at radius 3 is 2.29 bits per heavy atom. The summed E-state index contributed by atoms with van der Waals surface area (Å²) < 4.78 is 26.8. The number of hydrogen-bond donors (Lipinski definition) is 1. The van der Waals surface area contributed by atoms with E-state index in [0.29, 0.717) is 29.9 Å². The number of benzene rings is 2. The molecule has 0 unspecified atom stereocenters. The van der Waals surface area contributed by atoms with Crippen molar-refractivity contribution in [2.45, 2.75) is 31.1 Å². The molecule has 3 rings (SSSR count). The van der Waals surface area contributed by atoms with Crippen LogP contribution in [0.4, 0.5) is 11.4 Å². The number of aryl methyl sites for hydroxylation is 1. The van der Waals surface area contributed by atoms with Gasteiger partial charge >= 0.3 is 0 Å². The number of non-ortho nitro benzene ring substituents is 1. The van der Waals surface area contributed by atoms with E-state index in [4.69, 9.17) is 0 Å². The predicted octanol–water partition coefficient (Wildman–Crippen LogP) is 3.33. The Morgan fingerprint density at radius 2 is 1.71 bits per heavy atom. The molecule has 2 aromatic rings. The van der Waals surface area contributed by atoms with Crippen LogP contribution < -0.4 is 5.32 Å². The molecular formula is C19H21N3O5S. The smallest absolute Gasteiger partial charge is 0.269 e. The van der Waals surface area contributed by atoms with Crippen LogP contribution in [0.3, 0.4) is 0 Å². The molecule has 0 spiro atoms. The fraction of sp³-hybridized carbons (Fsp3) is 0.316. The number of nitrogens with zero attached hydrogens (tertiary/aromatic N) is 2. The Kier molecular flexibility index (Phi) is 5.76. The molecule has 1 fully saturated rings. The number of nitrogens with one attached hydrogen (secondary N) is 1. The van der Waals surface area contributed by atoms with Gasteiger partial charge in [0, 0.05) is 36.5 Å². The number of rotatable bonds is 5. The van der Waals surface area contributed by atoms with Gasteiger partial charge in [0.05, 0.1) is 9.82 Å². The summed E-state index contributed by atoms with van der Waals surface area (Å²) in [5.74, 6) is -0.418. The van der Waals surface area contributed by atoms with Crippen molar-refractivity contribution in [3.8, 4) is 0 Å². The normalized spacial score (nSPS) is 15.2. The number of piperidine rings is 1. The van der Waals surface area contributed by atoms with Gasteiger partial charge in [0.15, 0.2) is 0 Å². The molecule has 1 aliphatic heterocycles. The van der Waals surface area contributed by atoms with E-state index < -0.39 is 20.9 Å². The number of nitro benzene ring substituents is 1. The van der Waals surface area contributed by atoms with E-state index in [-0.39, 0.29) is 10.6 Å². The molecule has 8 nitrogen and oxygen atoms in total. The fourth-order valence-electron chi connectivity index (χ4n) is 3.13. The van der Waals surface area contributed by atoms with Crippen LogP contribution in [0.25, 0.3) is 0 Å². The summed E-state index contributed by atoms with van der Waals surface area (Å²) >= 11 is 0. The molecule has 28 heavy (non-hydrogen) atoms. The topological polar surface area (TPSA) is 110 Å². The lowest BCUT2D eigenvalue weighted by molar-refractivity contribution is -0.384. The lowest BCUT2D eigenvalue weighted by atomic mass is 10.1. The van der Waals surface area contributed by atoms with Crippen LogP contribution in [0.5, 0.6) is 0 Å². The summed E-state index contributed by atoms with van der Waals surface area (Å²) in [4.78, 5) is 22.9. The number of sulfonamides is 1. The monoisotopic (exact) mass is 403 g/mol. The van der Waals surface area contributed by atoms with Gasteiger partial charge in [-0.3, -0.25) is 14.9 Å². The van der Waals surface area contributed by atoms with E-state index in [1.54, 1.807) is 6.92 Å². The first-order valence-electron chi connectivity index (χ1n) is 8.95. The Morgan fingerprint density at radius 1 is 1.07 bits per heavy atom. The third-order valence-corrected chi connectivity index (χ3v) is 6.65. The molecule has 1 saturated heterocycles. The molecule has 1 aliphatic rings. The average Bonchev–Trinajstić information content (AvgIpc) is 2.70. The summed E-state index contributed by atoms with van der Waals surface area (Å²) in [6.07, 6.45) is 2.75. The summed E-state index contributed by atoms with van der Waals surface area (Å²) in [6.45, 7) is 2.70. The van der Waals surface area contributed by atoms with Gasteiger partial charge in [-0.25, -0.2) is 8.42 Å². The molecule has 1 N–H and O–H groups in total. The van der Waals surface area contributed by atoms with E-state index in [9.17, 15) is 23.3 Å². The van der Waals surface area contributed by atoms with E-state index in [1.165, 1.54) is 46.8 Å². The van der Waals surface area contributed by atoms with Crippen LogP contribution in [0.15, 0.2) is 47.4 Å². The first-order chi connectivity index (χ1) is 13.3. The highest BCUT2D eigenvalue weighted by atomic mass is 32.2. The summed E-state index contributed by atoms with van der Waals surface area (Å²) in [7, 11) is -3.55. The van der Waals surface area contributed by atoms with Gasteiger partial charge in [-0.15, -0.1) is 0 Å². The van der Waals surface area contributed by atoms with Crippen LogP contribution in [-0.4, -0.2) is 36.6 Å². The van der Waals surface area contributed by atoms with Crippen molar-refractivity contribution in [1.82, 2.24) is 4.31 Å². The summed E-state index contributed by atoms with van der Waals surface area (Å²) in [6, 6.07) is 9.96. The van der Waals surface area contributed by atoms with Gasteiger partial charge in [0.1, 0.15) is 0 Å². The SMILES string of the molecule is Cc1cc([N+](=O)[O-])ccc1NC(=O)c1ccc(S(=O)(=O)N2CCCCC2)cc1. The number of nitro groups is 1. The highest BCUT2D eigenvalue weighted by Gasteiger charge is 2.26. The number of carbonyl (C=O) groups is 1. The third-order valence-electron chi connectivity index (χ3n) is 4.74. The minimum atomic E-state index is -3.55. The van der Waals surface area contributed by atoms with Gasteiger partial charge in [-0.2, -0.15) is 4.31 Å². The summed E-state index contributed by atoms with van der Waals surface area (Å²) in [5, 5.41) is 13.5. The zero-order valence-corrected chi connectivity index (χ0v) is 16.2. The van der Waals surface area contributed by atoms with Gasteiger partial charge in [-0.05, 0) is 55.7 Å². The zero-order chi connectivity index (χ0) is 20.3. The Labute approximate surface area is 163 Å². The Hall–Kier alpha value is -2.78. The molecule has 0 radical (unpaired) electrons. The fourth-order valence-corrected chi connectivity index (χ4v) is 4.65. The predicted molar refractivity (Wildman–Crippen MR) is 105 cm³/mol. The number of hydrogen-bond acceptors (Lipinski definition) is 5. The van der Waals surface area contributed by atoms with Crippen LogP contribution in [0.1, 0.15) is 35.2 Å². The molecule has 0 bridgehead atoms. The van der Waals surface area contributed by atoms with E-state index in [2.05, 4.69) is 5.32 Å². The minimum absolute atomic E-state index is 0.0530. The van der Waals surface area contributed by atoms with Crippen molar-refractivity contribution in [2.24, 2.45) is 0 Å². The van der Waals surface area contributed by atoms with Crippen molar-refractivity contribution in [1.29, 1.82) is 0 Å². The second-order valence-corrected chi connectivity index (χ2v) is 8.64. The molecule has 1 heterocycles. The van der Waals surface area contributed by atoms with Crippen molar-refractivity contribution < 1.29 is 18.1 Å². The lowest BCUT2D eigenvalue weighted by Crippen LogP contribution is -2.35. The van der Waals surface area contributed by atoms with Gasteiger partial charge in [-0.1, -0.05) is 6.42 Å². The number of amides is 1. The van der Waals surface area contributed by atoms with Gasteiger partial charge in [0.2, 0.25) is 10.0 Å². The van der Waals surface area contributed by atoms with Gasteiger partial charge in [0.25, 0.3) is 11.6 Å². The molecule has 9 heteroatoms. The lowest BCUT2D eigenvalue weighted by Gasteiger charge is -2.25. The standard InChI is InChI=1S/C19H21N3O5S/c1-14-13-16(22(24)25)7-10-18(14)20-19(23)15-5-8-17(9-6-15)28(26,27)21-11-3-2-4-12-21/h5-10,13H,2-4,11-12H2,1H3,(H,20,23). The summed E-state index contributed by atoms with van der Waals surface area (Å²) in [5.41, 5.74) is 1.27. The van der Waals surface area contributed by atoms with Crippen molar-refractivity contribution >= 4 is 27.3 Å². The average molecular weight is 403 g/mol. The third kappa shape index (κ3) is 4.20. The molecule has 0 saturated carbocycles. The molecule has 1 amide bonds. The zero-order valence-electron chi connectivity index (χ0n) is 15.4. The Balaban J connectivity index is 1.74. The van der Waals surface area contributed by atoms with Crippen LogP contribution in [0.2, 0.25) is 0 Å². The highest BCUT2D eigenvalue weighted by molar-refractivity contribution is 7.89. The minimum Gasteiger partial charge on any atom is -0.322 e. The molecule has 0 atom stereocenters. The van der Waals surface area contributed by atoms with Crippen molar-refractivity contribution in [3.63, 3.8) is 0 Å². The van der Waals surface area contributed by atoms with E-state index in [1.807, 2.05) is 0 Å². The Bertz CT molecular complexity index is 997. The van der Waals surface area contributed by atoms with Crippen LogP contribution in [0, 0.1) is 17.0 Å². The maximum Gasteiger partial charge on any atom is 0.269 e. The van der Waals surface area contributed by atoms with Crippen molar-refractivity contribution in [3.05, 3.63) is 63.7 Å². The van der Waals surface area contributed by atoms with E-state index >= 15 is 0 Å². The van der Waals surface area contributed by atoms with Crippen molar-refractivity contribution in [2.75, 3.05) is 18.4 Å². The number of anilines is 1. The maximum atomic E-state index is 12.7. The highest BCUT2D eigenvalue weighted by Crippen LogP contribution is 2.23. The second kappa shape index (κ2) is 8.07. The first kappa shape index (κ1) is 20.0. The largest absolute Gasteiger partial charge is 0.322 e. The molecule has 2 aromatic carbocycles. The number of carbonyl (C=O) groups excluding carboxylic acids is 1.